The Morgan fingerprint density at radius 3 is 2.89 bits per heavy atom. The van der Waals surface area contributed by atoms with Crippen LogP contribution in [0.25, 0.3) is 10.9 Å². The zero-order chi connectivity index (χ0) is 18.8. The number of para-hydroxylation sites is 1. The Morgan fingerprint density at radius 2 is 2.07 bits per heavy atom. The molecule has 1 aliphatic heterocycles. The summed E-state index contributed by atoms with van der Waals surface area (Å²) >= 11 is 0. The third-order valence-corrected chi connectivity index (χ3v) is 4.86. The highest BCUT2D eigenvalue weighted by Crippen LogP contribution is 2.30. The number of rotatable bonds is 5. The third-order valence-electron chi connectivity index (χ3n) is 4.86. The van der Waals surface area contributed by atoms with Gasteiger partial charge in [-0.25, -0.2) is 9.97 Å². The van der Waals surface area contributed by atoms with E-state index in [1.165, 1.54) is 0 Å². The number of hydrogen-bond acceptors (Lipinski definition) is 6. The van der Waals surface area contributed by atoms with Crippen molar-refractivity contribution >= 4 is 22.5 Å². The summed E-state index contributed by atoms with van der Waals surface area (Å²) in [6, 6.07) is 13.9. The largest absolute Gasteiger partial charge is 0.485 e. The van der Waals surface area contributed by atoms with Crippen LogP contribution in [0.3, 0.4) is 0 Å². The average Bonchev–Trinajstić information content (AvgIpc) is 3.15. The van der Waals surface area contributed by atoms with Crippen molar-refractivity contribution in [3.63, 3.8) is 0 Å². The molecule has 0 saturated carbocycles. The molecular formula is C21H24N4O2. The van der Waals surface area contributed by atoms with E-state index in [1.807, 2.05) is 61.5 Å². The van der Waals surface area contributed by atoms with E-state index >= 15 is 0 Å². The predicted molar refractivity (Wildman–Crippen MR) is 107 cm³/mol. The number of ether oxygens (including phenoxy) is 1. The van der Waals surface area contributed by atoms with Crippen molar-refractivity contribution in [3.05, 3.63) is 54.2 Å². The number of pyridine rings is 2. The van der Waals surface area contributed by atoms with Crippen LogP contribution in [0.15, 0.2) is 48.7 Å². The quantitative estimate of drug-likeness (QED) is 0.751. The normalized spacial score (nSPS) is 16.7. The molecule has 140 valence electrons. The Hall–Kier alpha value is -2.86. The maximum atomic E-state index is 9.83. The highest BCUT2D eigenvalue weighted by molar-refractivity contribution is 5.81. The first-order valence-corrected chi connectivity index (χ1v) is 9.19. The molecule has 6 heteroatoms. The van der Waals surface area contributed by atoms with Crippen LogP contribution in [0.4, 0.5) is 11.6 Å². The molecule has 0 radical (unpaired) electrons. The standard InChI is InChI=1S/C21H24N4O2/c1-24(2)21-19(8-5-10-22-21)27-17-9-11-25(13-17)20-16(14-26)12-15-6-3-4-7-18(15)23-20/h3-8,10,12,17,26H,9,11,13-14H2,1-2H3. The second kappa shape index (κ2) is 7.40. The smallest absolute Gasteiger partial charge is 0.170 e. The van der Waals surface area contributed by atoms with Crippen molar-refractivity contribution in [1.29, 1.82) is 0 Å². The van der Waals surface area contributed by atoms with Gasteiger partial charge in [-0.15, -0.1) is 0 Å². The first-order valence-electron chi connectivity index (χ1n) is 9.19. The molecule has 1 N–H and O–H groups in total. The number of aromatic nitrogens is 2. The molecule has 1 atom stereocenters. The summed E-state index contributed by atoms with van der Waals surface area (Å²) in [6.45, 7) is 1.56. The van der Waals surface area contributed by atoms with Gasteiger partial charge in [0.15, 0.2) is 11.6 Å². The van der Waals surface area contributed by atoms with Gasteiger partial charge in [-0.1, -0.05) is 18.2 Å². The molecule has 1 fully saturated rings. The molecule has 4 rings (SSSR count). The highest BCUT2D eigenvalue weighted by Gasteiger charge is 2.27. The van der Waals surface area contributed by atoms with Gasteiger partial charge in [-0.3, -0.25) is 0 Å². The first kappa shape index (κ1) is 17.5. The Morgan fingerprint density at radius 1 is 1.22 bits per heavy atom. The molecule has 1 saturated heterocycles. The molecule has 2 aromatic heterocycles. The van der Waals surface area contributed by atoms with Crippen molar-refractivity contribution in [2.45, 2.75) is 19.1 Å². The fraction of sp³-hybridized carbons (Fsp3) is 0.333. The monoisotopic (exact) mass is 364 g/mol. The minimum atomic E-state index is -0.0252. The fourth-order valence-corrected chi connectivity index (χ4v) is 3.55. The molecule has 1 unspecified atom stereocenters. The maximum Gasteiger partial charge on any atom is 0.170 e. The molecule has 0 aliphatic carbocycles. The van der Waals surface area contributed by atoms with Crippen LogP contribution < -0.4 is 14.5 Å². The van der Waals surface area contributed by atoms with Crippen LogP contribution in [0.5, 0.6) is 5.75 Å². The number of benzene rings is 1. The van der Waals surface area contributed by atoms with Crippen LogP contribution in [0.2, 0.25) is 0 Å². The van der Waals surface area contributed by atoms with Gasteiger partial charge >= 0.3 is 0 Å². The molecule has 3 heterocycles. The Bertz CT molecular complexity index is 944. The van der Waals surface area contributed by atoms with Gasteiger partial charge in [0.25, 0.3) is 0 Å². The second-order valence-corrected chi connectivity index (χ2v) is 7.02. The van der Waals surface area contributed by atoms with Gasteiger partial charge in [0.05, 0.1) is 18.7 Å². The summed E-state index contributed by atoms with van der Waals surface area (Å²) in [7, 11) is 3.92. The summed E-state index contributed by atoms with van der Waals surface area (Å²) < 4.78 is 6.24. The van der Waals surface area contributed by atoms with Crippen LogP contribution in [-0.4, -0.2) is 48.4 Å². The molecule has 1 aromatic carbocycles. The molecule has 0 amide bonds. The van der Waals surface area contributed by atoms with Gasteiger partial charge in [0.1, 0.15) is 11.9 Å². The number of aliphatic hydroxyl groups is 1. The van der Waals surface area contributed by atoms with Crippen LogP contribution >= 0.6 is 0 Å². The lowest BCUT2D eigenvalue weighted by Crippen LogP contribution is -2.26. The summed E-state index contributed by atoms with van der Waals surface area (Å²) in [5, 5.41) is 10.9. The van der Waals surface area contributed by atoms with Gasteiger partial charge < -0.3 is 19.6 Å². The van der Waals surface area contributed by atoms with Gasteiger partial charge in [0, 0.05) is 44.2 Å². The van der Waals surface area contributed by atoms with Crippen molar-refractivity contribution in [2.24, 2.45) is 0 Å². The summed E-state index contributed by atoms with van der Waals surface area (Å²) in [4.78, 5) is 13.4. The summed E-state index contributed by atoms with van der Waals surface area (Å²) in [6.07, 6.45) is 2.74. The Balaban J connectivity index is 1.56. The van der Waals surface area contributed by atoms with Crippen molar-refractivity contribution in [3.8, 4) is 5.75 Å². The van der Waals surface area contributed by atoms with E-state index in [1.54, 1.807) is 6.20 Å². The van der Waals surface area contributed by atoms with Gasteiger partial charge in [0.2, 0.25) is 0 Å². The van der Waals surface area contributed by atoms with Crippen LogP contribution in [0, 0.1) is 0 Å². The highest BCUT2D eigenvalue weighted by atomic mass is 16.5. The first-order chi connectivity index (χ1) is 13.2. The van der Waals surface area contributed by atoms with Gasteiger partial charge in [-0.05, 0) is 24.3 Å². The SMILES string of the molecule is CN(C)c1ncccc1OC1CCN(c2nc3ccccc3cc2CO)C1. The van der Waals surface area contributed by atoms with Gasteiger partial charge in [-0.2, -0.15) is 0 Å². The minimum Gasteiger partial charge on any atom is -0.485 e. The molecule has 0 spiro atoms. The van der Waals surface area contributed by atoms with E-state index in [-0.39, 0.29) is 12.7 Å². The summed E-state index contributed by atoms with van der Waals surface area (Å²) in [5.74, 6) is 2.47. The van der Waals surface area contributed by atoms with E-state index in [4.69, 9.17) is 9.72 Å². The van der Waals surface area contributed by atoms with Crippen LogP contribution in [-0.2, 0) is 6.61 Å². The zero-order valence-corrected chi connectivity index (χ0v) is 15.7. The predicted octanol–water partition coefficient (Wildman–Crippen LogP) is 2.85. The lowest BCUT2D eigenvalue weighted by molar-refractivity contribution is 0.224. The number of nitrogens with zero attached hydrogens (tertiary/aromatic N) is 4. The Labute approximate surface area is 159 Å². The van der Waals surface area contributed by atoms with Crippen molar-refractivity contribution < 1.29 is 9.84 Å². The van der Waals surface area contributed by atoms with E-state index in [0.29, 0.717) is 0 Å². The molecule has 3 aromatic rings. The van der Waals surface area contributed by atoms with Crippen molar-refractivity contribution in [2.75, 3.05) is 37.0 Å². The number of fused-ring (bicyclic) bond motifs is 1. The fourth-order valence-electron chi connectivity index (χ4n) is 3.55. The van der Waals surface area contributed by atoms with Crippen molar-refractivity contribution in [1.82, 2.24) is 9.97 Å². The summed E-state index contributed by atoms with van der Waals surface area (Å²) in [5.41, 5.74) is 1.79. The molecule has 27 heavy (non-hydrogen) atoms. The molecular weight excluding hydrogens is 340 g/mol. The maximum absolute atomic E-state index is 9.83. The molecule has 6 nitrogen and oxygen atoms in total. The zero-order valence-electron chi connectivity index (χ0n) is 15.7. The number of aliphatic hydroxyl groups excluding tert-OH is 1. The van der Waals surface area contributed by atoms with E-state index in [0.717, 1.165) is 53.4 Å². The second-order valence-electron chi connectivity index (χ2n) is 7.02. The Kier molecular flexibility index (Phi) is 4.81. The number of hydrogen-bond donors (Lipinski definition) is 1. The molecule has 1 aliphatic rings. The lowest BCUT2D eigenvalue weighted by Gasteiger charge is -2.22. The van der Waals surface area contributed by atoms with E-state index in [2.05, 4.69) is 9.88 Å². The average molecular weight is 364 g/mol. The topological polar surface area (TPSA) is 61.7 Å². The lowest BCUT2D eigenvalue weighted by atomic mass is 10.1. The third kappa shape index (κ3) is 3.53. The molecule has 0 bridgehead atoms. The van der Waals surface area contributed by atoms with E-state index in [9.17, 15) is 5.11 Å². The minimum absolute atomic E-state index is 0.0252. The van der Waals surface area contributed by atoms with Crippen LogP contribution in [0.1, 0.15) is 12.0 Å². The number of anilines is 2. The van der Waals surface area contributed by atoms with E-state index < -0.39 is 0 Å².